The molecule has 1 amide bonds. The smallest absolute Gasteiger partial charge is 0.259 e. The van der Waals surface area contributed by atoms with Gasteiger partial charge in [0.25, 0.3) is 5.91 Å². The fourth-order valence-corrected chi connectivity index (χ4v) is 2.94. The summed E-state index contributed by atoms with van der Waals surface area (Å²) in [5, 5.41) is 7.46. The van der Waals surface area contributed by atoms with E-state index in [0.717, 1.165) is 22.3 Å². The van der Waals surface area contributed by atoms with Crippen LogP contribution in [-0.2, 0) is 4.79 Å². The van der Waals surface area contributed by atoms with E-state index < -0.39 is 11.6 Å². The maximum absolute atomic E-state index is 13.2. The number of carbonyl (C=O) groups excluding carboxylic acids is 1. The van der Waals surface area contributed by atoms with Crippen LogP contribution in [0.2, 0.25) is 0 Å². The lowest BCUT2D eigenvalue weighted by molar-refractivity contribution is -0.119. The van der Waals surface area contributed by atoms with E-state index in [-0.39, 0.29) is 12.5 Å². The highest BCUT2D eigenvalue weighted by molar-refractivity contribution is 7.22. The summed E-state index contributed by atoms with van der Waals surface area (Å²) < 4.78 is 27.1. The number of carbonyl (C=O) groups is 1. The van der Waals surface area contributed by atoms with Gasteiger partial charge in [0.2, 0.25) is 0 Å². The molecule has 3 rings (SSSR count). The minimum absolute atomic E-state index is 0.00557. The maximum atomic E-state index is 13.2. The van der Waals surface area contributed by atoms with Gasteiger partial charge in [-0.2, -0.15) is 5.10 Å². The topological polar surface area (TPSA) is 66.4 Å². The fraction of sp³-hybridized carbons (Fsp3) is 0.118. The predicted molar refractivity (Wildman–Crippen MR) is 94.8 cm³/mol. The zero-order chi connectivity index (χ0) is 17.8. The van der Waals surface area contributed by atoms with Gasteiger partial charge in [0.15, 0.2) is 16.8 Å². The van der Waals surface area contributed by atoms with E-state index in [9.17, 15) is 13.6 Å². The van der Waals surface area contributed by atoms with Crippen molar-refractivity contribution in [1.82, 2.24) is 10.4 Å². The molecule has 0 aliphatic rings. The summed E-state index contributed by atoms with van der Waals surface area (Å²) in [5.41, 5.74) is 3.98. The Labute approximate surface area is 146 Å². The van der Waals surface area contributed by atoms with Crippen molar-refractivity contribution in [3.63, 3.8) is 0 Å². The van der Waals surface area contributed by atoms with Gasteiger partial charge in [0, 0.05) is 5.56 Å². The normalized spacial score (nSPS) is 11.6. The van der Waals surface area contributed by atoms with Crippen LogP contribution in [0, 0.1) is 11.6 Å². The van der Waals surface area contributed by atoms with Crippen molar-refractivity contribution in [2.75, 3.05) is 11.9 Å². The molecule has 0 saturated heterocycles. The van der Waals surface area contributed by atoms with Crippen LogP contribution in [0.25, 0.3) is 10.2 Å². The number of hydrogen-bond donors (Lipinski definition) is 2. The molecule has 0 unspecified atom stereocenters. The third kappa shape index (κ3) is 4.16. The van der Waals surface area contributed by atoms with Crippen LogP contribution < -0.4 is 10.7 Å². The van der Waals surface area contributed by atoms with Crippen LogP contribution in [0.4, 0.5) is 13.9 Å². The molecule has 0 aliphatic heterocycles. The molecule has 2 N–H and O–H groups in total. The molecule has 0 atom stereocenters. The summed E-state index contributed by atoms with van der Waals surface area (Å²) >= 11 is 1.45. The van der Waals surface area contributed by atoms with Gasteiger partial charge in [-0.3, -0.25) is 4.79 Å². The Hall–Kier alpha value is -2.87. The molecular weight excluding hydrogens is 346 g/mol. The lowest BCUT2D eigenvalue weighted by Crippen LogP contribution is -2.26. The van der Waals surface area contributed by atoms with Gasteiger partial charge in [-0.25, -0.2) is 19.2 Å². The lowest BCUT2D eigenvalue weighted by Gasteiger charge is -2.04. The SMILES string of the molecule is C/C(=N/NC(=O)CNc1nc2ccccc2s1)c1ccc(F)c(F)c1. The Bertz CT molecular complexity index is 922. The third-order valence-corrected chi connectivity index (χ3v) is 4.37. The number of hydrazone groups is 1. The fourth-order valence-electron chi connectivity index (χ4n) is 2.08. The zero-order valence-corrected chi connectivity index (χ0v) is 14.0. The molecule has 128 valence electrons. The molecule has 5 nitrogen and oxygen atoms in total. The molecular formula is C17H14F2N4OS. The van der Waals surface area contributed by atoms with E-state index in [1.54, 1.807) is 6.92 Å². The lowest BCUT2D eigenvalue weighted by atomic mass is 10.1. The van der Waals surface area contributed by atoms with E-state index in [0.29, 0.717) is 16.4 Å². The Morgan fingerprint density at radius 1 is 1.20 bits per heavy atom. The van der Waals surface area contributed by atoms with Crippen molar-refractivity contribution >= 4 is 38.3 Å². The van der Waals surface area contributed by atoms with Crippen molar-refractivity contribution in [3.05, 3.63) is 59.7 Å². The molecule has 3 aromatic rings. The number of aromatic nitrogens is 1. The van der Waals surface area contributed by atoms with Crippen molar-refractivity contribution in [2.24, 2.45) is 5.10 Å². The predicted octanol–water partition coefficient (Wildman–Crippen LogP) is 3.53. The van der Waals surface area contributed by atoms with Gasteiger partial charge < -0.3 is 5.32 Å². The van der Waals surface area contributed by atoms with Gasteiger partial charge in [0.05, 0.1) is 22.5 Å². The number of anilines is 1. The number of fused-ring (bicyclic) bond motifs is 1. The molecule has 1 heterocycles. The molecule has 8 heteroatoms. The number of amides is 1. The Balaban J connectivity index is 1.57. The third-order valence-electron chi connectivity index (χ3n) is 3.38. The molecule has 0 aliphatic carbocycles. The Morgan fingerprint density at radius 3 is 2.76 bits per heavy atom. The first-order valence-electron chi connectivity index (χ1n) is 7.41. The van der Waals surface area contributed by atoms with E-state index in [1.807, 2.05) is 24.3 Å². The Morgan fingerprint density at radius 2 is 2.00 bits per heavy atom. The van der Waals surface area contributed by atoms with Crippen molar-refractivity contribution in [3.8, 4) is 0 Å². The number of nitrogens with one attached hydrogen (secondary N) is 2. The van der Waals surface area contributed by atoms with E-state index in [2.05, 4.69) is 20.8 Å². The molecule has 0 radical (unpaired) electrons. The van der Waals surface area contributed by atoms with Crippen LogP contribution in [0.15, 0.2) is 47.6 Å². The molecule has 0 fully saturated rings. The number of nitrogens with zero attached hydrogens (tertiary/aromatic N) is 2. The first-order chi connectivity index (χ1) is 12.0. The van der Waals surface area contributed by atoms with Crippen LogP contribution in [0.1, 0.15) is 12.5 Å². The number of rotatable bonds is 5. The molecule has 25 heavy (non-hydrogen) atoms. The summed E-state index contributed by atoms with van der Waals surface area (Å²) in [6.45, 7) is 1.59. The van der Waals surface area contributed by atoms with Gasteiger partial charge in [-0.1, -0.05) is 23.5 Å². The van der Waals surface area contributed by atoms with Crippen LogP contribution in [0.3, 0.4) is 0 Å². The first kappa shape index (κ1) is 17.0. The highest BCUT2D eigenvalue weighted by Crippen LogP contribution is 2.24. The number of thiazole rings is 1. The highest BCUT2D eigenvalue weighted by Gasteiger charge is 2.07. The van der Waals surface area contributed by atoms with Crippen LogP contribution in [0.5, 0.6) is 0 Å². The quantitative estimate of drug-likeness (QED) is 0.540. The van der Waals surface area contributed by atoms with Crippen molar-refractivity contribution in [2.45, 2.75) is 6.92 Å². The summed E-state index contributed by atoms with van der Waals surface area (Å²) in [4.78, 5) is 16.2. The minimum Gasteiger partial charge on any atom is -0.352 e. The van der Waals surface area contributed by atoms with Gasteiger partial charge >= 0.3 is 0 Å². The number of hydrogen-bond acceptors (Lipinski definition) is 5. The molecule has 0 saturated carbocycles. The maximum Gasteiger partial charge on any atom is 0.259 e. The molecule has 0 bridgehead atoms. The molecule has 0 spiro atoms. The second-order valence-corrected chi connectivity index (χ2v) is 6.23. The number of benzene rings is 2. The second kappa shape index (κ2) is 7.35. The van der Waals surface area contributed by atoms with E-state index >= 15 is 0 Å². The van der Waals surface area contributed by atoms with Gasteiger partial charge in [0.1, 0.15) is 0 Å². The first-order valence-corrected chi connectivity index (χ1v) is 8.22. The summed E-state index contributed by atoms with van der Waals surface area (Å²) in [5.74, 6) is -2.27. The monoisotopic (exact) mass is 360 g/mol. The van der Waals surface area contributed by atoms with Crippen LogP contribution in [-0.4, -0.2) is 23.1 Å². The zero-order valence-electron chi connectivity index (χ0n) is 13.2. The highest BCUT2D eigenvalue weighted by atomic mass is 32.1. The summed E-state index contributed by atoms with van der Waals surface area (Å²) in [6, 6.07) is 11.1. The standard InChI is InChI=1S/C17H14F2N4OS/c1-10(11-6-7-12(18)13(19)8-11)22-23-16(24)9-20-17-21-14-4-2-3-5-15(14)25-17/h2-8H,9H2,1H3,(H,20,21)(H,23,24)/b22-10-. The van der Waals surface area contributed by atoms with Gasteiger partial charge in [-0.05, 0) is 37.3 Å². The minimum atomic E-state index is -0.962. The second-order valence-electron chi connectivity index (χ2n) is 5.20. The molecule has 1 aromatic heterocycles. The van der Waals surface area contributed by atoms with Gasteiger partial charge in [-0.15, -0.1) is 0 Å². The average Bonchev–Trinajstić information content (AvgIpc) is 3.03. The number of para-hydroxylation sites is 1. The molecule has 2 aromatic carbocycles. The number of halogens is 2. The average molecular weight is 360 g/mol. The van der Waals surface area contributed by atoms with E-state index in [4.69, 9.17) is 0 Å². The largest absolute Gasteiger partial charge is 0.352 e. The summed E-state index contributed by atoms with van der Waals surface area (Å²) in [6.07, 6.45) is 0. The van der Waals surface area contributed by atoms with E-state index in [1.165, 1.54) is 17.4 Å². The van der Waals surface area contributed by atoms with Crippen molar-refractivity contribution < 1.29 is 13.6 Å². The Kier molecular flexibility index (Phi) is 4.99. The van der Waals surface area contributed by atoms with Crippen LogP contribution >= 0.6 is 11.3 Å². The van der Waals surface area contributed by atoms with Crippen molar-refractivity contribution in [1.29, 1.82) is 0 Å². The summed E-state index contributed by atoms with van der Waals surface area (Å²) in [7, 11) is 0.